The van der Waals surface area contributed by atoms with Crippen molar-refractivity contribution in [3.05, 3.63) is 66.0 Å². The molecule has 1 heterocycles. The van der Waals surface area contributed by atoms with E-state index in [1.165, 1.54) is 0 Å². The van der Waals surface area contributed by atoms with Crippen LogP contribution >= 0.6 is 0 Å². The fourth-order valence-electron chi connectivity index (χ4n) is 2.02. The predicted molar refractivity (Wildman–Crippen MR) is 81.9 cm³/mol. The van der Waals surface area contributed by atoms with Gasteiger partial charge in [0.15, 0.2) is 0 Å². The minimum atomic E-state index is 0.574. The van der Waals surface area contributed by atoms with Crippen molar-refractivity contribution >= 4 is 11.6 Å². The summed E-state index contributed by atoms with van der Waals surface area (Å²) in [6.07, 6.45) is 0.702. The van der Waals surface area contributed by atoms with Crippen molar-refractivity contribution in [3.8, 4) is 5.75 Å². The van der Waals surface area contributed by atoms with Gasteiger partial charge in [-0.15, -0.1) is 5.10 Å². The van der Waals surface area contributed by atoms with E-state index >= 15 is 0 Å². The molecule has 2 aromatic carbocycles. The van der Waals surface area contributed by atoms with Gasteiger partial charge in [-0.25, -0.2) is 0 Å². The second-order valence-electron chi connectivity index (χ2n) is 4.62. The average molecular weight is 280 g/mol. The van der Waals surface area contributed by atoms with Crippen LogP contribution in [-0.2, 0) is 6.42 Å². The second-order valence-corrected chi connectivity index (χ2v) is 4.62. The first-order chi connectivity index (χ1) is 10.3. The molecule has 0 atom stereocenters. The number of ether oxygens (including phenoxy) is 1. The smallest absolute Gasteiger partial charge is 0.246 e. The van der Waals surface area contributed by atoms with E-state index in [9.17, 15) is 0 Å². The number of nitrogens with zero attached hydrogens (tertiary/aromatic N) is 2. The molecule has 0 saturated heterocycles. The summed E-state index contributed by atoms with van der Waals surface area (Å²) >= 11 is 0. The van der Waals surface area contributed by atoms with Crippen molar-refractivity contribution in [3.63, 3.8) is 0 Å². The SMILES string of the molecule is COc1ccc(Cc2nc(Nc3ccccc3)n[nH]2)cc1. The highest BCUT2D eigenvalue weighted by Gasteiger charge is 2.04. The van der Waals surface area contributed by atoms with Gasteiger partial charge < -0.3 is 10.1 Å². The van der Waals surface area contributed by atoms with E-state index in [1.807, 2.05) is 54.6 Å². The zero-order valence-corrected chi connectivity index (χ0v) is 11.7. The molecule has 0 unspecified atom stereocenters. The number of H-pyrrole nitrogens is 1. The summed E-state index contributed by atoms with van der Waals surface area (Å²) in [5.41, 5.74) is 2.12. The molecule has 0 saturated carbocycles. The Morgan fingerprint density at radius 2 is 1.81 bits per heavy atom. The third-order valence-electron chi connectivity index (χ3n) is 3.09. The van der Waals surface area contributed by atoms with E-state index in [4.69, 9.17) is 4.74 Å². The van der Waals surface area contributed by atoms with Gasteiger partial charge in [-0.3, -0.25) is 5.10 Å². The van der Waals surface area contributed by atoms with Crippen molar-refractivity contribution in [1.82, 2.24) is 15.2 Å². The van der Waals surface area contributed by atoms with Crippen LogP contribution < -0.4 is 10.1 Å². The molecule has 0 radical (unpaired) electrons. The predicted octanol–water partition coefficient (Wildman–Crippen LogP) is 3.15. The van der Waals surface area contributed by atoms with Gasteiger partial charge in [0.2, 0.25) is 5.95 Å². The largest absolute Gasteiger partial charge is 0.497 e. The van der Waals surface area contributed by atoms with Crippen LogP contribution in [0.4, 0.5) is 11.6 Å². The maximum absolute atomic E-state index is 5.14. The molecule has 3 rings (SSSR count). The molecule has 3 aromatic rings. The Kier molecular flexibility index (Phi) is 3.82. The second kappa shape index (κ2) is 6.09. The molecule has 0 aliphatic rings. The lowest BCUT2D eigenvalue weighted by Gasteiger charge is -2.01. The fourth-order valence-corrected chi connectivity index (χ4v) is 2.02. The normalized spacial score (nSPS) is 10.3. The van der Waals surface area contributed by atoms with E-state index in [-0.39, 0.29) is 0 Å². The standard InChI is InChI=1S/C16H16N4O/c1-21-14-9-7-12(8-10-14)11-15-18-16(20-19-15)17-13-5-3-2-4-6-13/h2-10H,11H2,1H3,(H2,17,18,19,20). The van der Waals surface area contributed by atoms with Crippen LogP contribution in [0.3, 0.4) is 0 Å². The van der Waals surface area contributed by atoms with Gasteiger partial charge in [0.1, 0.15) is 11.6 Å². The van der Waals surface area contributed by atoms with Crippen LogP contribution in [0.15, 0.2) is 54.6 Å². The monoisotopic (exact) mass is 280 g/mol. The lowest BCUT2D eigenvalue weighted by atomic mass is 10.1. The number of para-hydroxylation sites is 1. The molecule has 0 aliphatic carbocycles. The van der Waals surface area contributed by atoms with Gasteiger partial charge in [0.25, 0.3) is 0 Å². The number of hydrogen-bond acceptors (Lipinski definition) is 4. The van der Waals surface area contributed by atoms with E-state index in [0.29, 0.717) is 12.4 Å². The first-order valence-electron chi connectivity index (χ1n) is 6.70. The summed E-state index contributed by atoms with van der Waals surface area (Å²) in [7, 11) is 1.66. The molecule has 0 spiro atoms. The third kappa shape index (κ3) is 3.39. The average Bonchev–Trinajstić information content (AvgIpc) is 2.96. The molecule has 0 fully saturated rings. The summed E-state index contributed by atoms with van der Waals surface area (Å²) in [6.45, 7) is 0. The molecule has 1 aromatic heterocycles. The Hall–Kier alpha value is -2.82. The lowest BCUT2D eigenvalue weighted by Crippen LogP contribution is -1.93. The molecule has 0 aliphatic heterocycles. The van der Waals surface area contributed by atoms with E-state index in [2.05, 4.69) is 20.5 Å². The first kappa shape index (κ1) is 13.2. The lowest BCUT2D eigenvalue weighted by molar-refractivity contribution is 0.414. The van der Waals surface area contributed by atoms with Crippen molar-refractivity contribution in [2.24, 2.45) is 0 Å². The van der Waals surface area contributed by atoms with Crippen LogP contribution in [0.2, 0.25) is 0 Å². The van der Waals surface area contributed by atoms with E-state index in [0.717, 1.165) is 22.8 Å². The summed E-state index contributed by atoms with van der Waals surface area (Å²) in [5, 5.41) is 10.3. The molecule has 5 heteroatoms. The van der Waals surface area contributed by atoms with Crippen LogP contribution in [-0.4, -0.2) is 22.3 Å². The van der Waals surface area contributed by atoms with Gasteiger partial charge in [-0.1, -0.05) is 30.3 Å². The van der Waals surface area contributed by atoms with Gasteiger partial charge in [-0.2, -0.15) is 4.98 Å². The summed E-state index contributed by atoms with van der Waals surface area (Å²) in [5.74, 6) is 2.24. The molecule has 0 bridgehead atoms. The Bertz CT molecular complexity index is 692. The summed E-state index contributed by atoms with van der Waals surface area (Å²) < 4.78 is 5.14. The third-order valence-corrected chi connectivity index (χ3v) is 3.09. The van der Waals surface area contributed by atoms with Crippen LogP contribution in [0.25, 0.3) is 0 Å². The van der Waals surface area contributed by atoms with E-state index < -0.39 is 0 Å². The van der Waals surface area contributed by atoms with E-state index in [1.54, 1.807) is 7.11 Å². The van der Waals surface area contributed by atoms with Crippen molar-refractivity contribution in [2.75, 3.05) is 12.4 Å². The molecule has 2 N–H and O–H groups in total. The quantitative estimate of drug-likeness (QED) is 0.753. The van der Waals surface area contributed by atoms with Gasteiger partial charge in [0.05, 0.1) is 7.11 Å². The highest BCUT2D eigenvalue weighted by atomic mass is 16.5. The number of methoxy groups -OCH3 is 1. The highest BCUT2D eigenvalue weighted by molar-refractivity contribution is 5.52. The molecule has 106 valence electrons. The number of benzene rings is 2. The van der Waals surface area contributed by atoms with Crippen LogP contribution in [0.5, 0.6) is 5.75 Å². The number of nitrogens with one attached hydrogen (secondary N) is 2. The zero-order chi connectivity index (χ0) is 14.5. The highest BCUT2D eigenvalue weighted by Crippen LogP contribution is 2.15. The van der Waals surface area contributed by atoms with Gasteiger partial charge >= 0.3 is 0 Å². The summed E-state index contributed by atoms with van der Waals surface area (Å²) in [6, 6.07) is 17.8. The maximum atomic E-state index is 5.14. The first-order valence-corrected chi connectivity index (χ1v) is 6.70. The van der Waals surface area contributed by atoms with Crippen molar-refractivity contribution in [1.29, 1.82) is 0 Å². The molecule has 5 nitrogen and oxygen atoms in total. The minimum absolute atomic E-state index is 0.574. The Morgan fingerprint density at radius 3 is 2.52 bits per heavy atom. The number of aromatic amines is 1. The molecular weight excluding hydrogens is 264 g/mol. The molecular formula is C16H16N4O. The van der Waals surface area contributed by atoms with Crippen LogP contribution in [0, 0.1) is 0 Å². The topological polar surface area (TPSA) is 62.8 Å². The minimum Gasteiger partial charge on any atom is -0.497 e. The molecule has 21 heavy (non-hydrogen) atoms. The number of hydrogen-bond donors (Lipinski definition) is 2. The number of anilines is 2. The Balaban J connectivity index is 1.67. The Labute approximate surface area is 123 Å². The van der Waals surface area contributed by atoms with Crippen molar-refractivity contribution < 1.29 is 4.74 Å². The number of aromatic nitrogens is 3. The number of rotatable bonds is 5. The summed E-state index contributed by atoms with van der Waals surface area (Å²) in [4.78, 5) is 4.43. The Morgan fingerprint density at radius 1 is 1.05 bits per heavy atom. The van der Waals surface area contributed by atoms with Crippen molar-refractivity contribution in [2.45, 2.75) is 6.42 Å². The van der Waals surface area contributed by atoms with Gasteiger partial charge in [-0.05, 0) is 29.8 Å². The zero-order valence-electron chi connectivity index (χ0n) is 11.7. The van der Waals surface area contributed by atoms with Gasteiger partial charge in [0, 0.05) is 12.1 Å². The van der Waals surface area contributed by atoms with Crippen LogP contribution in [0.1, 0.15) is 11.4 Å². The maximum Gasteiger partial charge on any atom is 0.246 e. The fraction of sp³-hybridized carbons (Fsp3) is 0.125. The molecule has 0 amide bonds.